The lowest BCUT2D eigenvalue weighted by atomic mass is 9.88. The molecule has 0 bridgehead atoms. The van der Waals surface area contributed by atoms with Crippen LogP contribution in [0.15, 0.2) is 0 Å². The lowest BCUT2D eigenvalue weighted by Gasteiger charge is -2.41. The van der Waals surface area contributed by atoms with Crippen LogP contribution in [0.3, 0.4) is 0 Å². The molecule has 0 spiro atoms. The van der Waals surface area contributed by atoms with Crippen molar-refractivity contribution in [1.82, 2.24) is 10.2 Å². The molecular formula is C15H34N2. The largest absolute Gasteiger partial charge is 0.311 e. The summed E-state index contributed by atoms with van der Waals surface area (Å²) in [5.41, 5.74) is 0.795. The summed E-state index contributed by atoms with van der Waals surface area (Å²) in [6, 6.07) is 0. The van der Waals surface area contributed by atoms with E-state index in [4.69, 9.17) is 0 Å². The van der Waals surface area contributed by atoms with Crippen molar-refractivity contribution < 1.29 is 0 Å². The summed E-state index contributed by atoms with van der Waals surface area (Å²) in [6.07, 6.45) is 1.19. The van der Waals surface area contributed by atoms with Crippen molar-refractivity contribution in [3.8, 4) is 0 Å². The predicted molar refractivity (Wildman–Crippen MR) is 78.5 cm³/mol. The first kappa shape index (κ1) is 16.9. The van der Waals surface area contributed by atoms with Gasteiger partial charge in [0.1, 0.15) is 0 Å². The third-order valence-electron chi connectivity index (χ3n) is 3.66. The summed E-state index contributed by atoms with van der Waals surface area (Å²) in [5, 5.41) is 3.61. The summed E-state index contributed by atoms with van der Waals surface area (Å²) in [7, 11) is 2.24. The Balaban J connectivity index is 4.35. The van der Waals surface area contributed by atoms with Gasteiger partial charge in [0.25, 0.3) is 0 Å². The number of nitrogens with one attached hydrogen (secondary N) is 1. The molecule has 0 atom stereocenters. The van der Waals surface area contributed by atoms with Crippen LogP contribution in [0.5, 0.6) is 0 Å². The summed E-state index contributed by atoms with van der Waals surface area (Å²) < 4.78 is 0. The summed E-state index contributed by atoms with van der Waals surface area (Å²) >= 11 is 0. The van der Waals surface area contributed by atoms with E-state index in [1.807, 2.05) is 0 Å². The normalized spacial score (nSPS) is 14.5. The second-order valence-electron chi connectivity index (χ2n) is 7.79. The summed E-state index contributed by atoms with van der Waals surface area (Å²) in [4.78, 5) is 2.48. The van der Waals surface area contributed by atoms with Crippen LogP contribution in [0.4, 0.5) is 0 Å². The molecule has 0 fully saturated rings. The molecule has 0 amide bonds. The molecule has 0 unspecified atom stereocenters. The fourth-order valence-corrected chi connectivity index (χ4v) is 1.69. The van der Waals surface area contributed by atoms with Crippen molar-refractivity contribution in [3.05, 3.63) is 0 Å². The van der Waals surface area contributed by atoms with Crippen LogP contribution in [0, 0.1) is 5.41 Å². The Morgan fingerprint density at radius 2 is 1.41 bits per heavy atom. The Morgan fingerprint density at radius 1 is 0.941 bits per heavy atom. The lowest BCUT2D eigenvalue weighted by Crippen LogP contribution is -2.50. The highest BCUT2D eigenvalue weighted by atomic mass is 15.2. The maximum atomic E-state index is 3.61. The van der Waals surface area contributed by atoms with E-state index >= 15 is 0 Å². The Morgan fingerprint density at radius 3 is 1.76 bits per heavy atom. The monoisotopic (exact) mass is 242 g/mol. The number of hydrogen-bond acceptors (Lipinski definition) is 2. The van der Waals surface area contributed by atoms with Gasteiger partial charge >= 0.3 is 0 Å². The molecule has 0 aromatic rings. The minimum atomic E-state index is 0.204. The molecule has 0 rings (SSSR count). The third kappa shape index (κ3) is 7.05. The van der Waals surface area contributed by atoms with Gasteiger partial charge in [-0.1, -0.05) is 20.8 Å². The highest BCUT2D eigenvalue weighted by Crippen LogP contribution is 2.23. The van der Waals surface area contributed by atoms with Gasteiger partial charge in [0.05, 0.1) is 0 Å². The van der Waals surface area contributed by atoms with Gasteiger partial charge in [-0.05, 0) is 53.5 Å². The average molecular weight is 242 g/mol. The molecule has 2 nitrogen and oxygen atoms in total. The lowest BCUT2D eigenvalue weighted by molar-refractivity contribution is 0.0940. The molecule has 104 valence electrons. The zero-order valence-electron chi connectivity index (χ0n) is 13.6. The fourth-order valence-electron chi connectivity index (χ4n) is 1.69. The number of hydrogen-bond donors (Lipinski definition) is 1. The highest BCUT2D eigenvalue weighted by Gasteiger charge is 2.28. The van der Waals surface area contributed by atoms with Crippen molar-refractivity contribution in [2.75, 3.05) is 20.1 Å². The quantitative estimate of drug-likeness (QED) is 0.766. The molecule has 1 N–H and O–H groups in total. The summed E-state index contributed by atoms with van der Waals surface area (Å²) in [5.74, 6) is 0. The smallest absolute Gasteiger partial charge is 0.0147 e. The van der Waals surface area contributed by atoms with Gasteiger partial charge < -0.3 is 10.2 Å². The molecule has 0 saturated carbocycles. The fraction of sp³-hybridized carbons (Fsp3) is 1.00. The van der Waals surface area contributed by atoms with Crippen LogP contribution in [-0.2, 0) is 0 Å². The van der Waals surface area contributed by atoms with Crippen molar-refractivity contribution in [2.45, 2.75) is 72.9 Å². The van der Waals surface area contributed by atoms with Crippen LogP contribution >= 0.6 is 0 Å². The topological polar surface area (TPSA) is 15.3 Å². The Kier molecular flexibility index (Phi) is 5.68. The molecule has 0 aliphatic carbocycles. The van der Waals surface area contributed by atoms with E-state index < -0.39 is 0 Å². The Hall–Kier alpha value is -0.0800. The molecule has 0 heterocycles. The Labute approximate surface area is 109 Å². The number of rotatable bonds is 6. The van der Waals surface area contributed by atoms with E-state index in [0.29, 0.717) is 11.0 Å². The predicted octanol–water partition coefficient (Wildman–Crippen LogP) is 3.52. The molecule has 2 heteroatoms. The minimum absolute atomic E-state index is 0.204. The molecule has 0 aromatic heterocycles. The second kappa shape index (κ2) is 5.71. The highest BCUT2D eigenvalue weighted by molar-refractivity contribution is 4.85. The first-order valence-corrected chi connectivity index (χ1v) is 6.86. The summed E-state index contributed by atoms with van der Waals surface area (Å²) in [6.45, 7) is 20.4. The first-order chi connectivity index (χ1) is 7.40. The molecule has 0 radical (unpaired) electrons. The van der Waals surface area contributed by atoms with Crippen LogP contribution < -0.4 is 5.32 Å². The van der Waals surface area contributed by atoms with E-state index in [1.54, 1.807) is 0 Å². The molecule has 0 aromatic carbocycles. The van der Waals surface area contributed by atoms with Crippen LogP contribution in [0.1, 0.15) is 61.8 Å². The van der Waals surface area contributed by atoms with Gasteiger partial charge in [-0.2, -0.15) is 0 Å². The standard InChI is InChI=1S/C15H34N2/c1-10-15(7,8)17(9)12-14(5,6)11-16-13(2,3)4/h16H,10-12H2,1-9H3. The van der Waals surface area contributed by atoms with Gasteiger partial charge in [-0.15, -0.1) is 0 Å². The molecular weight excluding hydrogens is 208 g/mol. The van der Waals surface area contributed by atoms with E-state index in [0.717, 1.165) is 13.1 Å². The van der Waals surface area contributed by atoms with Gasteiger partial charge in [-0.3, -0.25) is 0 Å². The van der Waals surface area contributed by atoms with E-state index in [-0.39, 0.29) is 5.54 Å². The van der Waals surface area contributed by atoms with Gasteiger partial charge in [0.2, 0.25) is 0 Å². The molecule has 0 saturated heterocycles. The molecule has 0 aliphatic heterocycles. The first-order valence-electron chi connectivity index (χ1n) is 6.86. The number of nitrogens with zero attached hydrogens (tertiary/aromatic N) is 1. The second-order valence-corrected chi connectivity index (χ2v) is 7.79. The van der Waals surface area contributed by atoms with E-state index in [1.165, 1.54) is 6.42 Å². The Bertz CT molecular complexity index is 224. The third-order valence-corrected chi connectivity index (χ3v) is 3.66. The van der Waals surface area contributed by atoms with Crippen molar-refractivity contribution in [3.63, 3.8) is 0 Å². The van der Waals surface area contributed by atoms with Crippen LogP contribution in [-0.4, -0.2) is 36.1 Å². The van der Waals surface area contributed by atoms with Gasteiger partial charge in [0.15, 0.2) is 0 Å². The SMILES string of the molecule is CCC(C)(C)N(C)CC(C)(C)CNC(C)(C)C. The van der Waals surface area contributed by atoms with Crippen molar-refractivity contribution in [1.29, 1.82) is 0 Å². The van der Waals surface area contributed by atoms with Gasteiger partial charge in [-0.25, -0.2) is 0 Å². The maximum absolute atomic E-state index is 3.61. The molecule has 17 heavy (non-hydrogen) atoms. The average Bonchev–Trinajstić information content (AvgIpc) is 2.13. The van der Waals surface area contributed by atoms with Gasteiger partial charge in [0, 0.05) is 24.2 Å². The van der Waals surface area contributed by atoms with E-state index in [9.17, 15) is 0 Å². The van der Waals surface area contributed by atoms with Crippen LogP contribution in [0.25, 0.3) is 0 Å². The zero-order valence-corrected chi connectivity index (χ0v) is 13.6. The minimum Gasteiger partial charge on any atom is -0.311 e. The van der Waals surface area contributed by atoms with Crippen LogP contribution in [0.2, 0.25) is 0 Å². The maximum Gasteiger partial charge on any atom is 0.0147 e. The molecule has 0 aliphatic rings. The van der Waals surface area contributed by atoms with Crippen molar-refractivity contribution in [2.24, 2.45) is 5.41 Å². The zero-order chi connectivity index (χ0) is 13.9. The van der Waals surface area contributed by atoms with Crippen molar-refractivity contribution >= 4 is 0 Å². The van der Waals surface area contributed by atoms with E-state index in [2.05, 4.69) is 72.7 Å².